The van der Waals surface area contributed by atoms with Crippen molar-refractivity contribution in [3.05, 3.63) is 53.1 Å². The molecular weight excluding hydrogens is 544 g/mol. The molecule has 1 heterocycles. The first-order chi connectivity index (χ1) is 18.3. The maximum atomic E-state index is 14.0. The highest BCUT2D eigenvalue weighted by molar-refractivity contribution is 7.98. The van der Waals surface area contributed by atoms with Gasteiger partial charge in [-0.05, 0) is 37.3 Å². The van der Waals surface area contributed by atoms with E-state index in [1.54, 1.807) is 24.3 Å². The van der Waals surface area contributed by atoms with Crippen LogP contribution in [0.25, 0.3) is 5.76 Å². The zero-order valence-corrected chi connectivity index (χ0v) is 23.5. The largest absolute Gasteiger partial charge is 0.506 e. The zero-order valence-electron chi connectivity index (χ0n) is 21.8. The number of amidine groups is 1. The molecule has 0 radical (unpaired) electrons. The molecule has 0 aromatic heterocycles. The number of nitrogens with zero attached hydrogens (tertiary/aromatic N) is 2. The number of ketones is 1. The molecule has 0 saturated heterocycles. The fourth-order valence-electron chi connectivity index (χ4n) is 4.57. The van der Waals surface area contributed by atoms with Crippen LogP contribution in [0.2, 0.25) is 0 Å². The molecule has 0 spiro atoms. The number of aliphatic hydroxyl groups excluding tert-OH is 1. The van der Waals surface area contributed by atoms with Crippen molar-refractivity contribution in [1.82, 2.24) is 4.72 Å². The summed E-state index contributed by atoms with van der Waals surface area (Å²) in [6.07, 6.45) is 1.20. The van der Waals surface area contributed by atoms with Gasteiger partial charge in [0.25, 0.3) is 0 Å². The molecule has 0 saturated carbocycles. The van der Waals surface area contributed by atoms with E-state index in [0.717, 1.165) is 24.4 Å². The van der Waals surface area contributed by atoms with Crippen LogP contribution in [0.4, 0.5) is 11.4 Å². The molecule has 1 aliphatic carbocycles. The Balaban J connectivity index is 1.74. The van der Waals surface area contributed by atoms with Gasteiger partial charge in [-0.2, -0.15) is 17.9 Å². The minimum Gasteiger partial charge on any atom is -0.506 e. The number of carbonyl (C=O) groups excluding carboxylic acids is 2. The maximum absolute atomic E-state index is 14.0. The first kappa shape index (κ1) is 28.5. The van der Waals surface area contributed by atoms with Crippen molar-refractivity contribution in [2.24, 2.45) is 10.3 Å². The van der Waals surface area contributed by atoms with Crippen molar-refractivity contribution in [3.63, 3.8) is 0 Å². The first-order valence-corrected chi connectivity index (χ1v) is 14.6. The molecular formula is C26H30N4O7S2. The molecule has 2 aromatic rings. The van der Waals surface area contributed by atoms with E-state index in [9.17, 15) is 33.4 Å². The summed E-state index contributed by atoms with van der Waals surface area (Å²) in [7, 11) is -4.27. The number of amides is 1. The van der Waals surface area contributed by atoms with Gasteiger partial charge in [-0.1, -0.05) is 45.0 Å². The van der Waals surface area contributed by atoms with Crippen LogP contribution in [-0.4, -0.2) is 41.4 Å². The Morgan fingerprint density at radius 1 is 1.21 bits per heavy atom. The molecule has 2 aliphatic rings. The smallest absolute Gasteiger partial charge is 0.323 e. The second-order valence-corrected chi connectivity index (χ2v) is 12.2. The molecule has 4 rings (SSSR count). The lowest BCUT2D eigenvalue weighted by molar-refractivity contribution is -0.120. The van der Waals surface area contributed by atoms with Crippen molar-refractivity contribution in [1.29, 1.82) is 0 Å². The number of aromatic hydroxyl groups is 1. The number of fused-ring (bicyclic) bond motifs is 2. The average Bonchev–Trinajstić information content (AvgIpc) is 2.86. The monoisotopic (exact) mass is 574 g/mol. The third-order valence-corrected chi connectivity index (χ3v) is 8.48. The summed E-state index contributed by atoms with van der Waals surface area (Å²) in [6, 6.07) is 9.40. The Morgan fingerprint density at radius 2 is 1.90 bits per heavy atom. The lowest BCUT2D eigenvalue weighted by Gasteiger charge is -2.37. The third kappa shape index (κ3) is 5.34. The average molecular weight is 575 g/mol. The van der Waals surface area contributed by atoms with Crippen molar-refractivity contribution in [2.45, 2.75) is 57.3 Å². The van der Waals surface area contributed by atoms with Crippen molar-refractivity contribution < 1.29 is 33.4 Å². The number of phenolic OH excluding ortho intramolecular Hbond substituents is 1. The minimum absolute atomic E-state index is 0.0500. The number of rotatable bonds is 8. The number of benzene rings is 2. The predicted molar refractivity (Wildman–Crippen MR) is 149 cm³/mol. The zero-order chi connectivity index (χ0) is 28.7. The molecule has 0 fully saturated rings. The van der Waals surface area contributed by atoms with Gasteiger partial charge >= 0.3 is 10.2 Å². The second-order valence-electron chi connectivity index (χ2n) is 10.0. The normalized spacial score (nSPS) is 19.0. The first-order valence-electron chi connectivity index (χ1n) is 12.3. The SMILES string of the molecule is CCC(=O)NS(=O)(=O)Nc1cc(O)c2c(c1)SN=C(C1=C(O)c3ccccc3C(C)(CCC(C)C)C1=O)N2O. The Morgan fingerprint density at radius 3 is 2.56 bits per heavy atom. The molecule has 208 valence electrons. The van der Waals surface area contributed by atoms with Gasteiger partial charge in [0.2, 0.25) is 5.91 Å². The summed E-state index contributed by atoms with van der Waals surface area (Å²) in [5, 5.41) is 33.6. The predicted octanol–water partition coefficient (Wildman–Crippen LogP) is 4.44. The van der Waals surface area contributed by atoms with Gasteiger partial charge in [0.05, 0.1) is 16.0 Å². The Labute approximate surface area is 230 Å². The lowest BCUT2D eigenvalue weighted by Crippen LogP contribution is -2.44. The third-order valence-electron chi connectivity index (χ3n) is 6.71. The van der Waals surface area contributed by atoms with Crippen LogP contribution >= 0.6 is 11.9 Å². The molecule has 2 aromatic carbocycles. The van der Waals surface area contributed by atoms with Crippen LogP contribution in [0, 0.1) is 5.92 Å². The number of aliphatic hydroxyl groups is 1. The number of Topliss-reactive ketones (excluding diaryl/α,β-unsaturated/α-hetero) is 1. The highest BCUT2D eigenvalue weighted by Crippen LogP contribution is 2.48. The van der Waals surface area contributed by atoms with Crippen molar-refractivity contribution in [2.75, 3.05) is 9.79 Å². The van der Waals surface area contributed by atoms with Crippen molar-refractivity contribution >= 4 is 56.8 Å². The summed E-state index contributed by atoms with van der Waals surface area (Å²) in [4.78, 5) is 25.6. The van der Waals surface area contributed by atoms with E-state index in [-0.39, 0.29) is 39.9 Å². The van der Waals surface area contributed by atoms with Crippen molar-refractivity contribution in [3.8, 4) is 5.75 Å². The molecule has 1 aliphatic heterocycles. The summed E-state index contributed by atoms with van der Waals surface area (Å²) in [5.41, 5.74) is -0.292. The Kier molecular flexibility index (Phi) is 7.70. The van der Waals surface area contributed by atoms with Gasteiger partial charge in [0.15, 0.2) is 11.6 Å². The van der Waals surface area contributed by atoms with Gasteiger partial charge in [0.1, 0.15) is 22.8 Å². The number of anilines is 2. The number of hydrogen-bond acceptors (Lipinski definition) is 10. The number of hydrogen-bond donors (Lipinski definition) is 5. The molecule has 11 nitrogen and oxygen atoms in total. The fourth-order valence-corrected chi connectivity index (χ4v) is 6.30. The standard InChI is InChI=1S/C26H30N4O7S2/c1-5-20(32)29-39(36,37)28-15-12-18(31)22-19(13-15)38-27-25(30(22)35)21-23(33)16-8-6-7-9-17(16)26(4,24(21)34)11-10-14(2)3/h6-9,12-14,28,31,33,35H,5,10-11H2,1-4H3,(H,29,32). The van der Waals surface area contributed by atoms with E-state index in [4.69, 9.17) is 0 Å². The number of phenols is 1. The second kappa shape index (κ2) is 10.5. The summed E-state index contributed by atoms with van der Waals surface area (Å²) < 4.78 is 32.7. The van der Waals surface area contributed by atoms with Gasteiger partial charge < -0.3 is 10.2 Å². The molecule has 0 bridgehead atoms. The van der Waals surface area contributed by atoms with Crippen LogP contribution in [0.5, 0.6) is 5.75 Å². The van der Waals surface area contributed by atoms with Crippen LogP contribution in [0.3, 0.4) is 0 Å². The van der Waals surface area contributed by atoms with Crippen LogP contribution < -0.4 is 14.5 Å². The molecule has 13 heteroatoms. The summed E-state index contributed by atoms with van der Waals surface area (Å²) >= 11 is 0.777. The quantitative estimate of drug-likeness (QED) is 0.286. The Bertz CT molecular complexity index is 1520. The van der Waals surface area contributed by atoms with E-state index in [2.05, 4.69) is 23.0 Å². The van der Waals surface area contributed by atoms with Crippen LogP contribution in [0.15, 0.2) is 51.3 Å². The summed E-state index contributed by atoms with van der Waals surface area (Å²) in [6.45, 7) is 7.41. The Hall–Kier alpha value is -3.55. The van der Waals surface area contributed by atoms with Gasteiger partial charge in [0, 0.05) is 30.0 Å². The molecule has 1 amide bonds. The van der Waals surface area contributed by atoms with E-state index in [1.165, 1.54) is 13.0 Å². The van der Waals surface area contributed by atoms with Gasteiger partial charge in [-0.3, -0.25) is 19.5 Å². The van der Waals surface area contributed by atoms with E-state index in [1.807, 2.05) is 11.6 Å². The van der Waals surface area contributed by atoms with Crippen LogP contribution in [-0.2, 0) is 25.2 Å². The molecule has 1 atom stereocenters. The number of hydroxylamine groups is 1. The lowest BCUT2D eigenvalue weighted by atomic mass is 9.66. The number of nitrogens with one attached hydrogen (secondary N) is 2. The highest BCUT2D eigenvalue weighted by Gasteiger charge is 2.47. The fraction of sp³-hybridized carbons (Fsp3) is 0.346. The topological polar surface area (TPSA) is 169 Å². The molecule has 39 heavy (non-hydrogen) atoms. The number of carbonyl (C=O) groups is 2. The molecule has 1 unspecified atom stereocenters. The molecule has 5 N–H and O–H groups in total. The van der Waals surface area contributed by atoms with Gasteiger partial charge in [-0.25, -0.2) is 4.72 Å². The van der Waals surface area contributed by atoms with Crippen LogP contribution in [0.1, 0.15) is 58.1 Å². The summed E-state index contributed by atoms with van der Waals surface area (Å²) in [5.74, 6) is -1.94. The maximum Gasteiger partial charge on any atom is 0.323 e. The minimum atomic E-state index is -4.27. The van der Waals surface area contributed by atoms with E-state index < -0.39 is 33.1 Å². The van der Waals surface area contributed by atoms with E-state index >= 15 is 0 Å². The van der Waals surface area contributed by atoms with Gasteiger partial charge in [-0.15, -0.1) is 0 Å². The van der Waals surface area contributed by atoms with E-state index in [0.29, 0.717) is 28.5 Å². The highest BCUT2D eigenvalue weighted by atomic mass is 32.2.